The van der Waals surface area contributed by atoms with E-state index in [0.29, 0.717) is 23.7 Å². The number of carbonyl (C=O) groups excluding carboxylic acids is 2. The van der Waals surface area contributed by atoms with E-state index in [0.717, 1.165) is 17.7 Å². The number of anilines is 2. The molecule has 0 bridgehead atoms. The lowest BCUT2D eigenvalue weighted by Crippen LogP contribution is -2.20. The third kappa shape index (κ3) is 5.31. The summed E-state index contributed by atoms with van der Waals surface area (Å²) >= 11 is 0. The number of methoxy groups -OCH3 is 1. The number of nitrogens with one attached hydrogen (secondary N) is 3. The molecule has 0 saturated heterocycles. The number of aryl methyl sites for hydroxylation is 1. The summed E-state index contributed by atoms with van der Waals surface area (Å²) in [6.07, 6.45) is 0.590. The van der Waals surface area contributed by atoms with Crippen molar-refractivity contribution in [1.82, 2.24) is 20.6 Å². The van der Waals surface area contributed by atoms with Crippen LogP contribution >= 0.6 is 0 Å². The van der Waals surface area contributed by atoms with Gasteiger partial charge in [0.2, 0.25) is 5.82 Å². The van der Waals surface area contributed by atoms with Gasteiger partial charge in [-0.05, 0) is 41.5 Å². The fourth-order valence-electron chi connectivity index (χ4n) is 2.58. The van der Waals surface area contributed by atoms with Crippen LogP contribution in [0.3, 0.4) is 0 Å². The molecule has 0 radical (unpaired) electrons. The number of hydrogen-bond acceptors (Lipinski definition) is 6. The maximum absolute atomic E-state index is 13.3. The third-order valence-electron chi connectivity index (χ3n) is 3.88. The molecule has 3 rings (SSSR count). The Balaban J connectivity index is 1.80. The zero-order chi connectivity index (χ0) is 20.8. The van der Waals surface area contributed by atoms with E-state index >= 15 is 0 Å². The standard InChI is InChI=1S/C18H16F2N6O3/c1-29-16(27)5-3-10-2-4-15(14(6-10)17-23-25-26-24-17)22-18(28)21-13-8-11(19)7-12(20)9-13/h2,4,6-9H,3,5H2,1H3,(H2,21,22,28)(H,23,24,25,26). The topological polar surface area (TPSA) is 122 Å². The number of rotatable bonds is 6. The summed E-state index contributed by atoms with van der Waals surface area (Å²) in [5, 5.41) is 18.6. The summed E-state index contributed by atoms with van der Waals surface area (Å²) in [5.74, 6) is -1.77. The van der Waals surface area contributed by atoms with Crippen LogP contribution in [0.4, 0.5) is 25.0 Å². The molecule has 3 aromatic rings. The van der Waals surface area contributed by atoms with Crippen LogP contribution in [-0.4, -0.2) is 39.7 Å². The summed E-state index contributed by atoms with van der Waals surface area (Å²) < 4.78 is 31.2. The van der Waals surface area contributed by atoms with Gasteiger partial charge in [0.25, 0.3) is 0 Å². The van der Waals surface area contributed by atoms with Crippen LogP contribution in [0.15, 0.2) is 36.4 Å². The number of carbonyl (C=O) groups is 2. The van der Waals surface area contributed by atoms with Crippen LogP contribution in [0.5, 0.6) is 0 Å². The molecule has 9 nitrogen and oxygen atoms in total. The van der Waals surface area contributed by atoms with Crippen LogP contribution < -0.4 is 10.6 Å². The molecule has 0 aliphatic carbocycles. The van der Waals surface area contributed by atoms with Crippen LogP contribution in [0.1, 0.15) is 12.0 Å². The third-order valence-corrected chi connectivity index (χ3v) is 3.88. The number of halogens is 2. The fourth-order valence-corrected chi connectivity index (χ4v) is 2.58. The molecule has 150 valence electrons. The first kappa shape index (κ1) is 19.9. The molecule has 29 heavy (non-hydrogen) atoms. The lowest BCUT2D eigenvalue weighted by atomic mass is 10.0. The minimum atomic E-state index is -0.817. The maximum atomic E-state index is 13.3. The smallest absolute Gasteiger partial charge is 0.323 e. The van der Waals surface area contributed by atoms with Gasteiger partial charge >= 0.3 is 12.0 Å². The monoisotopic (exact) mass is 402 g/mol. The number of benzene rings is 2. The molecule has 0 atom stereocenters. The average molecular weight is 402 g/mol. The average Bonchev–Trinajstić information content (AvgIpc) is 3.20. The molecular weight excluding hydrogens is 386 g/mol. The van der Waals surface area contributed by atoms with Crippen LogP contribution in [0.2, 0.25) is 0 Å². The van der Waals surface area contributed by atoms with Crippen LogP contribution in [0.25, 0.3) is 11.4 Å². The van der Waals surface area contributed by atoms with Crippen LogP contribution in [0, 0.1) is 11.6 Å². The molecule has 3 N–H and O–H groups in total. The van der Waals surface area contributed by atoms with Crippen LogP contribution in [-0.2, 0) is 16.0 Å². The van der Waals surface area contributed by atoms with Gasteiger partial charge in [0.05, 0.1) is 12.8 Å². The Hall–Kier alpha value is -3.89. The van der Waals surface area contributed by atoms with Gasteiger partial charge in [0, 0.05) is 23.7 Å². The molecule has 0 saturated carbocycles. The Morgan fingerprint density at radius 1 is 1.10 bits per heavy atom. The van der Waals surface area contributed by atoms with Gasteiger partial charge in [-0.25, -0.2) is 13.6 Å². The molecule has 2 amide bonds. The summed E-state index contributed by atoms with van der Waals surface area (Å²) in [4.78, 5) is 23.6. The number of tetrazole rings is 1. The number of esters is 1. The number of H-pyrrole nitrogens is 1. The molecule has 0 aliphatic heterocycles. The van der Waals surface area contributed by atoms with Crippen molar-refractivity contribution in [3.63, 3.8) is 0 Å². The number of amides is 2. The minimum Gasteiger partial charge on any atom is -0.469 e. The zero-order valence-electron chi connectivity index (χ0n) is 15.2. The van der Waals surface area contributed by atoms with E-state index in [1.54, 1.807) is 18.2 Å². The number of aromatic nitrogens is 4. The molecule has 0 unspecified atom stereocenters. The van der Waals surface area contributed by atoms with Gasteiger partial charge in [-0.1, -0.05) is 6.07 Å². The van der Waals surface area contributed by atoms with Crippen molar-refractivity contribution in [3.8, 4) is 11.4 Å². The van der Waals surface area contributed by atoms with E-state index in [1.165, 1.54) is 7.11 Å². The summed E-state index contributed by atoms with van der Waals surface area (Å²) in [6.45, 7) is 0. The van der Waals surface area contributed by atoms with E-state index < -0.39 is 17.7 Å². The van der Waals surface area contributed by atoms with Gasteiger partial charge in [-0.2, -0.15) is 5.21 Å². The molecule has 0 fully saturated rings. The predicted octanol–water partition coefficient (Wildman–Crippen LogP) is 2.89. The lowest BCUT2D eigenvalue weighted by molar-refractivity contribution is -0.140. The Kier molecular flexibility index (Phi) is 6.07. The Labute approximate surface area is 163 Å². The normalized spacial score (nSPS) is 10.4. The first-order valence-corrected chi connectivity index (χ1v) is 8.42. The Morgan fingerprint density at radius 2 is 1.86 bits per heavy atom. The van der Waals surface area contributed by atoms with Gasteiger partial charge < -0.3 is 15.4 Å². The Bertz CT molecular complexity index is 1010. The largest absolute Gasteiger partial charge is 0.469 e. The Morgan fingerprint density at radius 3 is 2.52 bits per heavy atom. The van der Waals surface area contributed by atoms with Crippen molar-refractivity contribution < 1.29 is 23.1 Å². The first-order valence-electron chi connectivity index (χ1n) is 8.42. The molecular formula is C18H16F2N6O3. The quantitative estimate of drug-likeness (QED) is 0.545. The highest BCUT2D eigenvalue weighted by Gasteiger charge is 2.14. The van der Waals surface area contributed by atoms with Gasteiger partial charge in [0.1, 0.15) is 11.6 Å². The van der Waals surface area contributed by atoms with E-state index in [2.05, 4.69) is 36.0 Å². The number of urea groups is 1. The minimum absolute atomic E-state index is 0.0455. The van der Waals surface area contributed by atoms with Crippen molar-refractivity contribution in [2.45, 2.75) is 12.8 Å². The summed E-state index contributed by atoms with van der Waals surface area (Å²) in [5.41, 5.74) is 1.52. The van der Waals surface area contributed by atoms with E-state index in [1.807, 2.05) is 0 Å². The van der Waals surface area contributed by atoms with Crippen molar-refractivity contribution in [2.24, 2.45) is 0 Å². The van der Waals surface area contributed by atoms with Crippen molar-refractivity contribution >= 4 is 23.4 Å². The van der Waals surface area contributed by atoms with Crippen molar-refractivity contribution in [3.05, 3.63) is 53.6 Å². The molecule has 1 aromatic heterocycles. The lowest BCUT2D eigenvalue weighted by Gasteiger charge is -2.12. The second-order valence-corrected chi connectivity index (χ2v) is 5.93. The highest BCUT2D eigenvalue weighted by Crippen LogP contribution is 2.27. The SMILES string of the molecule is COC(=O)CCc1ccc(NC(=O)Nc2cc(F)cc(F)c2)c(-c2nn[nH]n2)c1. The van der Waals surface area contributed by atoms with E-state index in [9.17, 15) is 18.4 Å². The van der Waals surface area contributed by atoms with Gasteiger partial charge in [-0.3, -0.25) is 4.79 Å². The highest BCUT2D eigenvalue weighted by molar-refractivity contribution is 6.02. The second-order valence-electron chi connectivity index (χ2n) is 5.93. The molecule has 0 aliphatic rings. The van der Waals surface area contributed by atoms with Crippen molar-refractivity contribution in [1.29, 1.82) is 0 Å². The van der Waals surface area contributed by atoms with E-state index in [-0.39, 0.29) is 23.9 Å². The van der Waals surface area contributed by atoms with Gasteiger partial charge in [0.15, 0.2) is 0 Å². The van der Waals surface area contributed by atoms with Gasteiger partial charge in [-0.15, -0.1) is 10.2 Å². The molecule has 0 spiro atoms. The number of ether oxygens (including phenoxy) is 1. The number of aromatic amines is 1. The second kappa shape index (κ2) is 8.87. The summed E-state index contributed by atoms with van der Waals surface area (Å²) in [6, 6.07) is 6.96. The molecule has 2 aromatic carbocycles. The number of hydrogen-bond donors (Lipinski definition) is 3. The molecule has 11 heteroatoms. The number of nitrogens with zero attached hydrogens (tertiary/aromatic N) is 3. The van der Waals surface area contributed by atoms with Crippen molar-refractivity contribution in [2.75, 3.05) is 17.7 Å². The zero-order valence-corrected chi connectivity index (χ0v) is 15.2. The fraction of sp³-hybridized carbons (Fsp3) is 0.167. The molecule has 1 heterocycles. The maximum Gasteiger partial charge on any atom is 0.323 e. The first-order chi connectivity index (χ1) is 13.9. The highest BCUT2D eigenvalue weighted by atomic mass is 19.1. The summed E-state index contributed by atoms with van der Waals surface area (Å²) in [7, 11) is 1.31. The van der Waals surface area contributed by atoms with E-state index in [4.69, 9.17) is 0 Å². The predicted molar refractivity (Wildman–Crippen MR) is 99.0 cm³/mol.